The molecule has 1 saturated heterocycles. The molecule has 2 heterocycles. The van der Waals surface area contributed by atoms with Crippen LogP contribution < -0.4 is 5.32 Å². The van der Waals surface area contributed by atoms with Crippen molar-refractivity contribution in [3.8, 4) is 11.5 Å². The predicted octanol–water partition coefficient (Wildman–Crippen LogP) is 4.08. The number of nitrogens with one attached hydrogen (secondary N) is 1. The highest BCUT2D eigenvalue weighted by Gasteiger charge is 2.23. The van der Waals surface area contributed by atoms with Gasteiger partial charge in [-0.1, -0.05) is 22.8 Å². The maximum atomic E-state index is 13.0. The van der Waals surface area contributed by atoms with Crippen LogP contribution in [0.4, 0.5) is 10.5 Å². The van der Waals surface area contributed by atoms with E-state index in [0.29, 0.717) is 60.6 Å². The first-order valence-electron chi connectivity index (χ1n) is 10.0. The number of nitrogens with zero attached hydrogens (tertiary/aromatic N) is 4. The van der Waals surface area contributed by atoms with E-state index in [1.165, 1.54) is 0 Å². The molecular formula is C22H22ClN5O3. The molecule has 1 aliphatic rings. The van der Waals surface area contributed by atoms with E-state index < -0.39 is 0 Å². The molecule has 160 valence electrons. The molecule has 1 fully saturated rings. The summed E-state index contributed by atoms with van der Waals surface area (Å²) in [6.07, 6.45) is 0.702. The lowest BCUT2D eigenvalue weighted by molar-refractivity contribution is 0.0762. The van der Waals surface area contributed by atoms with Crippen LogP contribution in [0.1, 0.15) is 22.6 Å². The summed E-state index contributed by atoms with van der Waals surface area (Å²) in [6, 6.07) is 13.9. The second-order valence-corrected chi connectivity index (χ2v) is 7.73. The van der Waals surface area contributed by atoms with Gasteiger partial charge >= 0.3 is 6.03 Å². The Kier molecular flexibility index (Phi) is 6.18. The maximum Gasteiger partial charge on any atom is 0.321 e. The minimum absolute atomic E-state index is 0.0645. The second-order valence-electron chi connectivity index (χ2n) is 7.30. The predicted molar refractivity (Wildman–Crippen MR) is 117 cm³/mol. The summed E-state index contributed by atoms with van der Waals surface area (Å²) in [7, 11) is 0. The number of urea groups is 1. The summed E-state index contributed by atoms with van der Waals surface area (Å²) in [4.78, 5) is 33.2. The highest BCUT2D eigenvalue weighted by Crippen LogP contribution is 2.19. The monoisotopic (exact) mass is 439 g/mol. The normalized spacial score (nSPS) is 14.3. The molecule has 0 atom stereocenters. The second kappa shape index (κ2) is 9.18. The van der Waals surface area contributed by atoms with Crippen molar-refractivity contribution in [3.05, 3.63) is 64.9 Å². The number of rotatable bonds is 3. The van der Waals surface area contributed by atoms with Crippen molar-refractivity contribution in [2.24, 2.45) is 0 Å². The molecule has 1 N–H and O–H groups in total. The first-order valence-corrected chi connectivity index (χ1v) is 10.4. The zero-order valence-electron chi connectivity index (χ0n) is 17.0. The largest absolute Gasteiger partial charge is 0.337 e. The molecule has 3 amide bonds. The van der Waals surface area contributed by atoms with E-state index in [2.05, 4.69) is 15.5 Å². The maximum absolute atomic E-state index is 13.0. The third-order valence-corrected chi connectivity index (χ3v) is 5.29. The van der Waals surface area contributed by atoms with Crippen LogP contribution in [0.5, 0.6) is 0 Å². The topological polar surface area (TPSA) is 91.6 Å². The molecule has 0 radical (unpaired) electrons. The molecule has 2 aromatic carbocycles. The van der Waals surface area contributed by atoms with Gasteiger partial charge < -0.3 is 19.6 Å². The lowest BCUT2D eigenvalue weighted by atomic mass is 10.1. The first kappa shape index (κ1) is 20.9. The number of aromatic nitrogens is 2. The smallest absolute Gasteiger partial charge is 0.321 e. The Morgan fingerprint density at radius 3 is 2.48 bits per heavy atom. The van der Waals surface area contributed by atoms with Crippen LogP contribution in [0, 0.1) is 6.92 Å². The van der Waals surface area contributed by atoms with Gasteiger partial charge in [-0.25, -0.2) is 4.79 Å². The molecule has 1 aromatic heterocycles. The number of benzene rings is 2. The van der Waals surface area contributed by atoms with Crippen LogP contribution >= 0.6 is 11.6 Å². The summed E-state index contributed by atoms with van der Waals surface area (Å²) in [5.74, 6) is 0.918. The first-order chi connectivity index (χ1) is 15.0. The Bertz CT molecular complexity index is 1080. The third-order valence-electron chi connectivity index (χ3n) is 5.05. The molecule has 1 aliphatic heterocycles. The fourth-order valence-corrected chi connectivity index (χ4v) is 3.63. The quantitative estimate of drug-likeness (QED) is 0.663. The minimum atomic E-state index is -0.198. The van der Waals surface area contributed by atoms with Crippen molar-refractivity contribution < 1.29 is 14.1 Å². The minimum Gasteiger partial charge on any atom is -0.337 e. The molecule has 31 heavy (non-hydrogen) atoms. The van der Waals surface area contributed by atoms with E-state index in [1.807, 2.05) is 0 Å². The Balaban J connectivity index is 1.36. The number of hydrogen-bond acceptors (Lipinski definition) is 5. The van der Waals surface area contributed by atoms with E-state index in [4.69, 9.17) is 16.1 Å². The summed E-state index contributed by atoms with van der Waals surface area (Å²) in [6.45, 7) is 3.84. The van der Waals surface area contributed by atoms with E-state index in [9.17, 15) is 9.59 Å². The highest BCUT2D eigenvalue weighted by atomic mass is 35.5. The summed E-state index contributed by atoms with van der Waals surface area (Å²) >= 11 is 5.98. The Hall–Kier alpha value is -3.39. The number of hydrogen-bond donors (Lipinski definition) is 1. The van der Waals surface area contributed by atoms with E-state index >= 15 is 0 Å². The summed E-state index contributed by atoms with van der Waals surface area (Å²) in [5.41, 5.74) is 1.99. The van der Waals surface area contributed by atoms with Crippen molar-refractivity contribution in [1.82, 2.24) is 19.9 Å². The molecule has 0 aliphatic carbocycles. The van der Waals surface area contributed by atoms with Crippen molar-refractivity contribution in [2.75, 3.05) is 31.5 Å². The van der Waals surface area contributed by atoms with E-state index in [1.54, 1.807) is 65.3 Å². The number of carbonyl (C=O) groups excluding carboxylic acids is 2. The lowest BCUT2D eigenvalue weighted by Crippen LogP contribution is -2.39. The van der Waals surface area contributed by atoms with Gasteiger partial charge in [0.15, 0.2) is 5.82 Å². The molecule has 0 saturated carbocycles. The molecule has 9 heteroatoms. The number of aryl methyl sites for hydroxylation is 1. The van der Waals surface area contributed by atoms with Crippen LogP contribution in [0.3, 0.4) is 0 Å². The van der Waals surface area contributed by atoms with Crippen molar-refractivity contribution in [2.45, 2.75) is 13.3 Å². The van der Waals surface area contributed by atoms with Gasteiger partial charge in [-0.05, 0) is 55.8 Å². The van der Waals surface area contributed by atoms with Crippen molar-refractivity contribution in [3.63, 3.8) is 0 Å². The van der Waals surface area contributed by atoms with E-state index in [0.717, 1.165) is 5.56 Å². The molecule has 0 bridgehead atoms. The van der Waals surface area contributed by atoms with Gasteiger partial charge in [-0.3, -0.25) is 4.79 Å². The van der Waals surface area contributed by atoms with Crippen molar-refractivity contribution >= 4 is 29.2 Å². The highest BCUT2D eigenvalue weighted by molar-refractivity contribution is 6.30. The summed E-state index contributed by atoms with van der Waals surface area (Å²) < 4.78 is 5.16. The zero-order valence-corrected chi connectivity index (χ0v) is 17.8. The average Bonchev–Trinajstić information content (AvgIpc) is 3.05. The van der Waals surface area contributed by atoms with Gasteiger partial charge in [0, 0.05) is 48.0 Å². The zero-order chi connectivity index (χ0) is 21.8. The van der Waals surface area contributed by atoms with Gasteiger partial charge in [0.1, 0.15) is 0 Å². The molecule has 8 nitrogen and oxygen atoms in total. The van der Waals surface area contributed by atoms with Gasteiger partial charge in [-0.15, -0.1) is 0 Å². The summed E-state index contributed by atoms with van der Waals surface area (Å²) in [5, 5.41) is 7.20. The fraction of sp³-hybridized carbons (Fsp3) is 0.273. The molecular weight excluding hydrogens is 418 g/mol. The van der Waals surface area contributed by atoms with E-state index in [-0.39, 0.29) is 11.9 Å². The molecule has 0 spiro atoms. The van der Waals surface area contributed by atoms with Crippen LogP contribution in [0.15, 0.2) is 53.1 Å². The van der Waals surface area contributed by atoms with Gasteiger partial charge in [-0.2, -0.15) is 4.98 Å². The Morgan fingerprint density at radius 2 is 1.77 bits per heavy atom. The van der Waals surface area contributed by atoms with Crippen LogP contribution in [-0.2, 0) is 0 Å². The lowest BCUT2D eigenvalue weighted by Gasteiger charge is -2.22. The van der Waals surface area contributed by atoms with Crippen LogP contribution in [-0.4, -0.2) is 58.1 Å². The number of halogens is 1. The number of amides is 3. The number of carbonyl (C=O) groups is 2. The SMILES string of the molecule is Cc1noc(-c2ccc(C(=O)N3CCCN(C(=O)Nc4cccc(Cl)c4)CC3)cc2)n1. The van der Waals surface area contributed by atoms with Crippen molar-refractivity contribution in [1.29, 1.82) is 0 Å². The Labute approximate surface area is 184 Å². The van der Waals surface area contributed by atoms with Crippen LogP contribution in [0.25, 0.3) is 11.5 Å². The third kappa shape index (κ3) is 5.03. The average molecular weight is 440 g/mol. The molecule has 4 rings (SSSR count). The molecule has 3 aromatic rings. The van der Waals surface area contributed by atoms with Gasteiger partial charge in [0.05, 0.1) is 0 Å². The Morgan fingerprint density at radius 1 is 1.03 bits per heavy atom. The number of anilines is 1. The standard InChI is InChI=1S/C22H22ClN5O3/c1-15-24-20(31-26-15)16-6-8-17(9-7-16)21(29)27-10-3-11-28(13-12-27)22(30)25-19-5-2-4-18(23)14-19/h2,4-9,14H,3,10-13H2,1H3,(H,25,30). The van der Waals surface area contributed by atoms with Gasteiger partial charge in [0.25, 0.3) is 11.8 Å². The van der Waals surface area contributed by atoms with Gasteiger partial charge in [0.2, 0.25) is 0 Å². The van der Waals surface area contributed by atoms with Crippen LogP contribution in [0.2, 0.25) is 5.02 Å². The fourth-order valence-electron chi connectivity index (χ4n) is 3.44. The molecule has 0 unspecified atom stereocenters.